The first-order valence-electron chi connectivity index (χ1n) is 9.08. The van der Waals surface area contributed by atoms with Crippen LogP contribution >= 0.6 is 0 Å². The number of aromatic nitrogens is 2. The van der Waals surface area contributed by atoms with Crippen LogP contribution < -0.4 is 10.1 Å². The second kappa shape index (κ2) is 9.70. The molecule has 1 amide bonds. The average molecular weight is 374 g/mol. The number of hydrogen-bond acceptors (Lipinski definition) is 5. The Balaban J connectivity index is 2.04. The van der Waals surface area contributed by atoms with E-state index in [2.05, 4.69) is 24.3 Å². The summed E-state index contributed by atoms with van der Waals surface area (Å²) in [5.74, 6) is 1.03. The standard InChI is InChI=1S/C19H26N4O4/c1-4-27-18-8-6-5-7-16(18)17(11-14(2)3)21-19(24)9-10-22-13-15(12-20-22)23(25)26/h5-8,12-14,17H,4,9-11H2,1-3H3,(H,21,24). The Labute approximate surface area is 158 Å². The fourth-order valence-corrected chi connectivity index (χ4v) is 2.84. The number of benzene rings is 1. The number of para-hydroxylation sites is 1. The van der Waals surface area contributed by atoms with Gasteiger partial charge in [-0.05, 0) is 25.3 Å². The highest BCUT2D eigenvalue weighted by Crippen LogP contribution is 2.29. The summed E-state index contributed by atoms with van der Waals surface area (Å²) in [6, 6.07) is 7.55. The van der Waals surface area contributed by atoms with Gasteiger partial charge in [0.25, 0.3) is 0 Å². The molecule has 0 aliphatic rings. The topological polar surface area (TPSA) is 99.3 Å². The Hall–Kier alpha value is -2.90. The maximum atomic E-state index is 12.5. The first-order chi connectivity index (χ1) is 12.9. The molecule has 27 heavy (non-hydrogen) atoms. The molecule has 0 aliphatic carbocycles. The van der Waals surface area contributed by atoms with E-state index in [1.807, 2.05) is 31.2 Å². The Morgan fingerprint density at radius 1 is 1.37 bits per heavy atom. The number of hydrogen-bond donors (Lipinski definition) is 1. The number of amides is 1. The summed E-state index contributed by atoms with van der Waals surface area (Å²) < 4.78 is 7.11. The first-order valence-corrected chi connectivity index (χ1v) is 9.08. The summed E-state index contributed by atoms with van der Waals surface area (Å²) in [5.41, 5.74) is 0.870. The van der Waals surface area contributed by atoms with Crippen LogP contribution in [0.1, 0.15) is 45.2 Å². The van der Waals surface area contributed by atoms with E-state index in [9.17, 15) is 14.9 Å². The second-order valence-electron chi connectivity index (χ2n) is 6.69. The number of ether oxygens (including phenoxy) is 1. The summed E-state index contributed by atoms with van der Waals surface area (Å²) >= 11 is 0. The van der Waals surface area contributed by atoms with E-state index in [1.54, 1.807) is 0 Å². The lowest BCUT2D eigenvalue weighted by Crippen LogP contribution is -2.30. The third-order valence-corrected chi connectivity index (χ3v) is 4.03. The zero-order valence-electron chi connectivity index (χ0n) is 15.9. The van der Waals surface area contributed by atoms with E-state index in [0.29, 0.717) is 12.5 Å². The molecule has 146 valence electrons. The quantitative estimate of drug-likeness (QED) is 0.507. The summed E-state index contributed by atoms with van der Waals surface area (Å²) in [4.78, 5) is 22.7. The van der Waals surface area contributed by atoms with Crippen LogP contribution in [0.3, 0.4) is 0 Å². The van der Waals surface area contributed by atoms with Crippen molar-refractivity contribution in [2.24, 2.45) is 5.92 Å². The van der Waals surface area contributed by atoms with Crippen LogP contribution in [0.4, 0.5) is 5.69 Å². The van der Waals surface area contributed by atoms with Crippen LogP contribution in [-0.4, -0.2) is 27.2 Å². The molecule has 0 aliphatic heterocycles. The number of nitro groups is 1. The highest BCUT2D eigenvalue weighted by Gasteiger charge is 2.20. The maximum Gasteiger partial charge on any atom is 0.306 e. The van der Waals surface area contributed by atoms with Crippen molar-refractivity contribution in [3.8, 4) is 5.75 Å². The summed E-state index contributed by atoms with van der Waals surface area (Å²) in [7, 11) is 0. The van der Waals surface area contributed by atoms with Gasteiger partial charge in [-0.25, -0.2) is 0 Å². The number of rotatable bonds is 10. The molecule has 0 saturated heterocycles. The van der Waals surface area contributed by atoms with E-state index in [-0.39, 0.29) is 30.6 Å². The SMILES string of the molecule is CCOc1ccccc1C(CC(C)C)NC(=O)CCn1cc([N+](=O)[O-])cn1. The van der Waals surface area contributed by atoms with Crippen LogP contribution in [0.2, 0.25) is 0 Å². The van der Waals surface area contributed by atoms with Gasteiger partial charge in [-0.2, -0.15) is 5.10 Å². The Morgan fingerprint density at radius 2 is 2.11 bits per heavy atom. The van der Waals surface area contributed by atoms with Crippen molar-refractivity contribution < 1.29 is 14.5 Å². The van der Waals surface area contributed by atoms with E-state index in [1.165, 1.54) is 17.1 Å². The maximum absolute atomic E-state index is 12.5. The zero-order valence-corrected chi connectivity index (χ0v) is 15.9. The minimum Gasteiger partial charge on any atom is -0.494 e. The minimum absolute atomic E-state index is 0.0845. The first kappa shape index (κ1) is 20.4. The lowest BCUT2D eigenvalue weighted by molar-refractivity contribution is -0.385. The molecular formula is C19H26N4O4. The molecule has 1 atom stereocenters. The van der Waals surface area contributed by atoms with Gasteiger partial charge in [-0.3, -0.25) is 19.6 Å². The fourth-order valence-electron chi connectivity index (χ4n) is 2.84. The molecule has 1 heterocycles. The lowest BCUT2D eigenvalue weighted by atomic mass is 9.96. The molecule has 8 heteroatoms. The van der Waals surface area contributed by atoms with Crippen LogP contribution in [-0.2, 0) is 11.3 Å². The summed E-state index contributed by atoms with van der Waals surface area (Å²) in [5, 5.41) is 17.7. The van der Waals surface area contributed by atoms with Gasteiger partial charge in [-0.15, -0.1) is 0 Å². The van der Waals surface area contributed by atoms with E-state index in [0.717, 1.165) is 17.7 Å². The number of nitrogens with zero attached hydrogens (tertiary/aromatic N) is 3. The molecule has 0 spiro atoms. The van der Waals surface area contributed by atoms with Crippen molar-refractivity contribution >= 4 is 11.6 Å². The zero-order chi connectivity index (χ0) is 19.8. The predicted molar refractivity (Wildman–Crippen MR) is 101 cm³/mol. The fraction of sp³-hybridized carbons (Fsp3) is 0.474. The van der Waals surface area contributed by atoms with Crippen LogP contribution in [0, 0.1) is 16.0 Å². The summed E-state index contributed by atoms with van der Waals surface area (Å²) in [6.07, 6.45) is 3.47. The number of nitrogens with one attached hydrogen (secondary N) is 1. The predicted octanol–water partition coefficient (Wildman–Crippen LogP) is 3.48. The van der Waals surface area contributed by atoms with Crippen molar-refractivity contribution in [1.29, 1.82) is 0 Å². The molecule has 0 saturated carbocycles. The molecule has 0 radical (unpaired) electrons. The number of aryl methyl sites for hydroxylation is 1. The third-order valence-electron chi connectivity index (χ3n) is 4.03. The molecule has 8 nitrogen and oxygen atoms in total. The summed E-state index contributed by atoms with van der Waals surface area (Å²) in [6.45, 7) is 6.96. The van der Waals surface area contributed by atoms with Crippen molar-refractivity contribution in [2.45, 2.75) is 46.2 Å². The van der Waals surface area contributed by atoms with Crippen molar-refractivity contribution in [1.82, 2.24) is 15.1 Å². The van der Waals surface area contributed by atoms with Gasteiger partial charge in [0.1, 0.15) is 18.1 Å². The normalized spacial score (nSPS) is 12.0. The van der Waals surface area contributed by atoms with Crippen LogP contribution in [0.5, 0.6) is 5.75 Å². The average Bonchev–Trinajstić information content (AvgIpc) is 3.09. The molecule has 0 fully saturated rings. The molecule has 1 aromatic carbocycles. The van der Waals surface area contributed by atoms with Crippen LogP contribution in [0.15, 0.2) is 36.7 Å². The van der Waals surface area contributed by atoms with Gasteiger partial charge in [0, 0.05) is 18.5 Å². The van der Waals surface area contributed by atoms with Crippen molar-refractivity contribution in [3.63, 3.8) is 0 Å². The van der Waals surface area contributed by atoms with Gasteiger partial charge in [0.05, 0.1) is 17.6 Å². The van der Waals surface area contributed by atoms with Crippen molar-refractivity contribution in [2.75, 3.05) is 6.61 Å². The van der Waals surface area contributed by atoms with E-state index < -0.39 is 4.92 Å². The molecular weight excluding hydrogens is 348 g/mol. The van der Waals surface area contributed by atoms with E-state index >= 15 is 0 Å². The van der Waals surface area contributed by atoms with Crippen LogP contribution in [0.25, 0.3) is 0 Å². The molecule has 0 bridgehead atoms. The molecule has 2 rings (SSSR count). The Kier molecular flexibility index (Phi) is 7.34. The molecule has 1 unspecified atom stereocenters. The molecule has 1 N–H and O–H groups in total. The molecule has 2 aromatic rings. The Bertz CT molecular complexity index is 773. The highest BCUT2D eigenvalue weighted by molar-refractivity contribution is 5.76. The Morgan fingerprint density at radius 3 is 2.74 bits per heavy atom. The number of carbonyl (C=O) groups excluding carboxylic acids is 1. The monoisotopic (exact) mass is 374 g/mol. The van der Waals surface area contributed by atoms with Gasteiger partial charge in [-0.1, -0.05) is 32.0 Å². The smallest absolute Gasteiger partial charge is 0.306 e. The van der Waals surface area contributed by atoms with Gasteiger partial charge >= 0.3 is 5.69 Å². The second-order valence-corrected chi connectivity index (χ2v) is 6.69. The number of carbonyl (C=O) groups is 1. The van der Waals surface area contributed by atoms with Gasteiger partial charge in [0.15, 0.2) is 0 Å². The van der Waals surface area contributed by atoms with Crippen molar-refractivity contribution in [3.05, 3.63) is 52.3 Å². The molecule has 1 aromatic heterocycles. The highest BCUT2D eigenvalue weighted by atomic mass is 16.6. The van der Waals surface area contributed by atoms with Gasteiger partial charge in [0.2, 0.25) is 5.91 Å². The third kappa shape index (κ3) is 6.09. The minimum atomic E-state index is -0.507. The largest absolute Gasteiger partial charge is 0.494 e. The lowest BCUT2D eigenvalue weighted by Gasteiger charge is -2.23. The van der Waals surface area contributed by atoms with Gasteiger partial charge < -0.3 is 10.1 Å². The van der Waals surface area contributed by atoms with E-state index in [4.69, 9.17) is 4.74 Å².